The molecule has 1 aromatic rings. The Hall–Kier alpha value is -1.04. The Morgan fingerprint density at radius 3 is 2.56 bits per heavy atom. The Morgan fingerprint density at radius 2 is 2.00 bits per heavy atom. The lowest BCUT2D eigenvalue weighted by Gasteiger charge is -2.36. The third kappa shape index (κ3) is 1.93. The van der Waals surface area contributed by atoms with Crippen LogP contribution in [0.3, 0.4) is 0 Å². The number of nitrogens with zero attached hydrogens (tertiary/aromatic N) is 3. The zero-order valence-electron chi connectivity index (χ0n) is 9.29. The summed E-state index contributed by atoms with van der Waals surface area (Å²) in [4.78, 5) is 4.11. The number of alkyl halides is 2. The molecule has 0 aliphatic heterocycles. The standard InChI is InChI=1S/C10H16F2N4/c1-2-16-8(14-7-15-16)9(13)3-5-10(11,12)6-4-9/h7H,2-6,13H2,1H3. The second-order valence-electron chi connectivity index (χ2n) is 4.41. The largest absolute Gasteiger partial charge is 0.319 e. The first-order valence-corrected chi connectivity index (χ1v) is 5.52. The lowest BCUT2D eigenvalue weighted by molar-refractivity contribution is -0.0529. The first-order chi connectivity index (χ1) is 7.47. The molecule has 6 heteroatoms. The van der Waals surface area contributed by atoms with E-state index in [4.69, 9.17) is 5.73 Å². The Kier molecular flexibility index (Phi) is 2.69. The van der Waals surface area contributed by atoms with Gasteiger partial charge in [-0.25, -0.2) is 18.4 Å². The first-order valence-electron chi connectivity index (χ1n) is 5.52. The van der Waals surface area contributed by atoms with Crippen molar-refractivity contribution in [2.24, 2.45) is 5.73 Å². The quantitative estimate of drug-likeness (QED) is 0.840. The predicted molar refractivity (Wildman–Crippen MR) is 55.0 cm³/mol. The van der Waals surface area contributed by atoms with Gasteiger partial charge in [0.25, 0.3) is 0 Å². The molecule has 1 heterocycles. The molecule has 0 atom stereocenters. The number of hydrogen-bond acceptors (Lipinski definition) is 3. The molecule has 16 heavy (non-hydrogen) atoms. The number of nitrogens with two attached hydrogens (primary N) is 1. The number of aromatic nitrogens is 3. The average Bonchev–Trinajstić information content (AvgIpc) is 2.71. The molecule has 0 saturated heterocycles. The van der Waals surface area contributed by atoms with Crippen LogP contribution in [-0.4, -0.2) is 20.7 Å². The van der Waals surface area contributed by atoms with Gasteiger partial charge in [-0.1, -0.05) is 0 Å². The molecule has 1 fully saturated rings. The van der Waals surface area contributed by atoms with Crippen LogP contribution in [0.5, 0.6) is 0 Å². The maximum atomic E-state index is 13.1. The summed E-state index contributed by atoms with van der Waals surface area (Å²) in [5.74, 6) is -1.94. The predicted octanol–water partition coefficient (Wildman–Crippen LogP) is 1.66. The van der Waals surface area contributed by atoms with Crippen molar-refractivity contribution in [1.82, 2.24) is 14.8 Å². The summed E-state index contributed by atoms with van der Waals surface area (Å²) >= 11 is 0. The molecule has 90 valence electrons. The number of rotatable bonds is 2. The molecular weight excluding hydrogens is 214 g/mol. The van der Waals surface area contributed by atoms with E-state index in [0.29, 0.717) is 12.4 Å². The highest BCUT2D eigenvalue weighted by molar-refractivity contribution is 5.07. The number of aryl methyl sites for hydroxylation is 1. The lowest BCUT2D eigenvalue weighted by atomic mass is 9.80. The fraction of sp³-hybridized carbons (Fsp3) is 0.800. The summed E-state index contributed by atoms with van der Waals surface area (Å²) in [5.41, 5.74) is 5.42. The monoisotopic (exact) mass is 230 g/mol. The zero-order valence-corrected chi connectivity index (χ0v) is 9.29. The van der Waals surface area contributed by atoms with Crippen LogP contribution in [0.1, 0.15) is 38.4 Å². The smallest absolute Gasteiger partial charge is 0.248 e. The fourth-order valence-electron chi connectivity index (χ4n) is 2.17. The average molecular weight is 230 g/mol. The van der Waals surface area contributed by atoms with Gasteiger partial charge in [-0.2, -0.15) is 5.10 Å². The maximum absolute atomic E-state index is 13.1. The summed E-state index contributed by atoms with van der Waals surface area (Å²) in [7, 11) is 0. The normalized spacial score (nSPS) is 23.2. The van der Waals surface area contributed by atoms with Gasteiger partial charge in [0.1, 0.15) is 12.2 Å². The van der Waals surface area contributed by atoms with Gasteiger partial charge >= 0.3 is 0 Å². The van der Waals surface area contributed by atoms with Crippen LogP contribution >= 0.6 is 0 Å². The summed E-state index contributed by atoms with van der Waals surface area (Å²) in [6, 6.07) is 0. The van der Waals surface area contributed by atoms with E-state index in [1.54, 1.807) is 4.68 Å². The first kappa shape index (κ1) is 11.4. The molecule has 1 aliphatic rings. The third-order valence-corrected chi connectivity index (χ3v) is 3.23. The molecule has 0 radical (unpaired) electrons. The molecule has 2 rings (SSSR count). The van der Waals surface area contributed by atoms with Gasteiger partial charge in [0, 0.05) is 19.4 Å². The Bertz CT molecular complexity index is 365. The van der Waals surface area contributed by atoms with Crippen molar-refractivity contribution in [2.45, 2.75) is 50.6 Å². The van der Waals surface area contributed by atoms with Gasteiger partial charge in [0.15, 0.2) is 0 Å². The Labute approximate surface area is 92.8 Å². The molecule has 0 bridgehead atoms. The minimum Gasteiger partial charge on any atom is -0.319 e. The van der Waals surface area contributed by atoms with Crippen LogP contribution in [-0.2, 0) is 12.1 Å². The van der Waals surface area contributed by atoms with Gasteiger partial charge in [-0.15, -0.1) is 0 Å². The topological polar surface area (TPSA) is 56.7 Å². The second kappa shape index (κ2) is 3.76. The SMILES string of the molecule is CCn1ncnc1C1(N)CCC(F)(F)CC1. The van der Waals surface area contributed by atoms with Crippen LogP contribution in [0.25, 0.3) is 0 Å². The number of halogens is 2. The molecule has 4 nitrogen and oxygen atoms in total. The van der Waals surface area contributed by atoms with Gasteiger partial charge < -0.3 is 5.73 Å². The van der Waals surface area contributed by atoms with Gasteiger partial charge in [-0.05, 0) is 19.8 Å². The van der Waals surface area contributed by atoms with Crippen molar-refractivity contribution in [3.05, 3.63) is 12.2 Å². The van der Waals surface area contributed by atoms with Crippen molar-refractivity contribution >= 4 is 0 Å². The van der Waals surface area contributed by atoms with Crippen LogP contribution < -0.4 is 5.73 Å². The van der Waals surface area contributed by atoms with Gasteiger partial charge in [0.05, 0.1) is 5.54 Å². The van der Waals surface area contributed by atoms with Crippen molar-refractivity contribution in [2.75, 3.05) is 0 Å². The maximum Gasteiger partial charge on any atom is 0.248 e. The van der Waals surface area contributed by atoms with E-state index in [9.17, 15) is 8.78 Å². The van der Waals surface area contributed by atoms with E-state index < -0.39 is 11.5 Å². The van der Waals surface area contributed by atoms with E-state index in [1.807, 2.05) is 6.92 Å². The van der Waals surface area contributed by atoms with E-state index >= 15 is 0 Å². The highest BCUT2D eigenvalue weighted by atomic mass is 19.3. The molecule has 0 spiro atoms. The molecule has 0 amide bonds. The van der Waals surface area contributed by atoms with Gasteiger partial charge in [0.2, 0.25) is 5.92 Å². The zero-order chi connectivity index (χ0) is 11.8. The summed E-state index contributed by atoms with van der Waals surface area (Å²) in [6.45, 7) is 2.59. The van der Waals surface area contributed by atoms with Gasteiger partial charge in [-0.3, -0.25) is 0 Å². The molecule has 0 unspecified atom stereocenters. The van der Waals surface area contributed by atoms with Crippen molar-refractivity contribution in [1.29, 1.82) is 0 Å². The highest BCUT2D eigenvalue weighted by Crippen LogP contribution is 2.41. The Morgan fingerprint density at radius 1 is 1.38 bits per heavy atom. The van der Waals surface area contributed by atoms with E-state index in [-0.39, 0.29) is 25.7 Å². The summed E-state index contributed by atoms with van der Waals surface area (Å²) in [6.07, 6.45) is 1.62. The molecular formula is C10H16F2N4. The van der Waals surface area contributed by atoms with Crippen LogP contribution in [0.15, 0.2) is 6.33 Å². The van der Waals surface area contributed by atoms with Crippen molar-refractivity contribution in [3.63, 3.8) is 0 Å². The van der Waals surface area contributed by atoms with E-state index in [1.165, 1.54) is 6.33 Å². The second-order valence-corrected chi connectivity index (χ2v) is 4.41. The third-order valence-electron chi connectivity index (χ3n) is 3.23. The Balaban J connectivity index is 2.21. The van der Waals surface area contributed by atoms with Crippen molar-refractivity contribution in [3.8, 4) is 0 Å². The molecule has 2 N–H and O–H groups in total. The molecule has 1 aliphatic carbocycles. The van der Waals surface area contributed by atoms with Crippen LogP contribution in [0, 0.1) is 0 Å². The van der Waals surface area contributed by atoms with E-state index in [0.717, 1.165) is 0 Å². The van der Waals surface area contributed by atoms with Crippen molar-refractivity contribution < 1.29 is 8.78 Å². The number of hydrogen-bond donors (Lipinski definition) is 1. The highest BCUT2D eigenvalue weighted by Gasteiger charge is 2.44. The van der Waals surface area contributed by atoms with Crippen LogP contribution in [0.4, 0.5) is 8.78 Å². The minimum absolute atomic E-state index is 0.167. The fourth-order valence-corrected chi connectivity index (χ4v) is 2.17. The summed E-state index contributed by atoms with van der Waals surface area (Å²) in [5, 5.41) is 4.03. The molecule has 0 aromatic carbocycles. The molecule has 1 saturated carbocycles. The lowest BCUT2D eigenvalue weighted by Crippen LogP contribution is -2.45. The van der Waals surface area contributed by atoms with Crippen LogP contribution in [0.2, 0.25) is 0 Å². The molecule has 1 aromatic heterocycles. The van der Waals surface area contributed by atoms with E-state index in [2.05, 4.69) is 10.1 Å². The minimum atomic E-state index is -2.57. The summed E-state index contributed by atoms with van der Waals surface area (Å²) < 4.78 is 27.8.